The molecule has 1 atom stereocenters. The van der Waals surface area contributed by atoms with E-state index in [1.54, 1.807) is 9.45 Å². The molecule has 1 aliphatic rings. The van der Waals surface area contributed by atoms with Gasteiger partial charge in [-0.15, -0.1) is 0 Å². The average Bonchev–Trinajstić information content (AvgIpc) is 2.35. The third-order valence-electron chi connectivity index (χ3n) is 4.16. The third kappa shape index (κ3) is 4.11. The van der Waals surface area contributed by atoms with E-state index in [0.717, 1.165) is 0 Å². The molecule has 0 fully saturated rings. The Morgan fingerprint density at radius 2 is 1.56 bits per heavy atom. The smallest absolute Gasteiger partial charge is 1.00 e. The van der Waals surface area contributed by atoms with Gasteiger partial charge in [0.2, 0.25) is 0 Å². The fourth-order valence-electron chi connectivity index (χ4n) is 2.55. The number of hydrogen-bond donors (Lipinski definition) is 0. The minimum Gasteiger partial charge on any atom is -1.00 e. The van der Waals surface area contributed by atoms with Crippen LogP contribution in [0.2, 0.25) is 0 Å². The molecule has 1 unspecified atom stereocenters. The number of allylic oxidation sites excluding steroid dienone is 4. The van der Waals surface area contributed by atoms with Crippen LogP contribution >= 0.6 is 0 Å². The van der Waals surface area contributed by atoms with Crippen LogP contribution in [0.4, 0.5) is 0 Å². The van der Waals surface area contributed by atoms with E-state index in [4.69, 9.17) is 0 Å². The second kappa shape index (κ2) is 8.12. The number of rotatable bonds is 4. The van der Waals surface area contributed by atoms with Crippen molar-refractivity contribution in [2.24, 2.45) is 5.41 Å². The summed E-state index contributed by atoms with van der Waals surface area (Å²) in [6, 6.07) is 0. The summed E-state index contributed by atoms with van der Waals surface area (Å²) in [7, 11) is 4.30. The Morgan fingerprint density at radius 1 is 1.06 bits per heavy atom. The van der Waals surface area contributed by atoms with Crippen molar-refractivity contribution in [1.29, 1.82) is 0 Å². The average molecular weight is 325 g/mol. The maximum absolute atomic E-state index is 2.41. The molecule has 0 aromatic carbocycles. The van der Waals surface area contributed by atoms with Crippen molar-refractivity contribution < 1.29 is 45.2 Å². The van der Waals surface area contributed by atoms with Gasteiger partial charge in [0.25, 0.3) is 0 Å². The van der Waals surface area contributed by atoms with Crippen LogP contribution in [0.15, 0.2) is 20.6 Å². The molecule has 0 radical (unpaired) electrons. The van der Waals surface area contributed by atoms with Crippen molar-refractivity contribution in [3.05, 3.63) is 20.6 Å². The van der Waals surface area contributed by atoms with Crippen molar-refractivity contribution in [2.45, 2.75) is 40.5 Å². The zero-order valence-corrected chi connectivity index (χ0v) is 15.4. The summed E-state index contributed by atoms with van der Waals surface area (Å²) in [5, 5.41) is 0. The van der Waals surface area contributed by atoms with Crippen molar-refractivity contribution in [1.82, 2.24) is 4.90 Å². The molecule has 1 rings (SSSR count). The topological polar surface area (TPSA) is 3.24 Å². The second-order valence-corrected chi connectivity index (χ2v) is 6.27. The van der Waals surface area contributed by atoms with Gasteiger partial charge in [0.05, 0.1) is 0 Å². The Morgan fingerprint density at radius 3 is 1.89 bits per heavy atom. The van der Waals surface area contributed by atoms with E-state index in [1.165, 1.54) is 30.5 Å². The Labute approximate surface area is 137 Å². The molecule has 0 heterocycles. The summed E-state index contributed by atoms with van der Waals surface area (Å²) in [5.74, 6) is 0. The molecule has 18 heavy (non-hydrogen) atoms. The molecule has 0 amide bonds. The number of hydrogen-bond acceptors (Lipinski definition) is 1. The molecule has 0 spiro atoms. The molecule has 0 aromatic heterocycles. The minimum atomic E-state index is 0. The normalized spacial score (nSPS) is 23.4. The molecular formula is C14H24Cl2NTi. The monoisotopic (exact) mass is 324 g/mol. The van der Waals surface area contributed by atoms with E-state index in [9.17, 15) is 0 Å². The number of halogens is 2. The van der Waals surface area contributed by atoms with Gasteiger partial charge in [-0.25, -0.2) is 0 Å². The van der Waals surface area contributed by atoms with Crippen LogP contribution in [0, 0.1) is 5.41 Å². The largest absolute Gasteiger partial charge is 1.00 e. The SMILES string of the molecule is CC1=C(C)C(C)(CCCN(C)C)[C]([Ti+2])=C1C.[Cl-].[Cl-]. The van der Waals surface area contributed by atoms with Crippen LogP contribution in [-0.2, 0) is 20.4 Å². The first kappa shape index (κ1) is 21.0. The van der Waals surface area contributed by atoms with Gasteiger partial charge in [0.15, 0.2) is 0 Å². The Bertz CT molecular complexity index is 322. The predicted octanol–water partition coefficient (Wildman–Crippen LogP) is -2.49. The van der Waals surface area contributed by atoms with Crippen molar-refractivity contribution >= 4 is 0 Å². The first-order valence-electron chi connectivity index (χ1n) is 6.06. The van der Waals surface area contributed by atoms with E-state index in [1.807, 2.05) is 0 Å². The summed E-state index contributed by atoms with van der Waals surface area (Å²) in [5.41, 5.74) is 4.94. The van der Waals surface area contributed by atoms with Crippen LogP contribution in [0.25, 0.3) is 0 Å². The van der Waals surface area contributed by atoms with E-state index in [0.29, 0.717) is 5.41 Å². The zero-order valence-electron chi connectivity index (χ0n) is 12.3. The molecular weight excluding hydrogens is 301 g/mol. The van der Waals surface area contributed by atoms with Crippen molar-refractivity contribution in [2.75, 3.05) is 20.6 Å². The van der Waals surface area contributed by atoms with Gasteiger partial charge in [-0.2, -0.15) is 0 Å². The van der Waals surface area contributed by atoms with Crippen LogP contribution in [-0.4, -0.2) is 25.5 Å². The Balaban J connectivity index is 0. The predicted molar refractivity (Wildman–Crippen MR) is 67.0 cm³/mol. The maximum Gasteiger partial charge on any atom is -1.00 e. The first-order valence-corrected chi connectivity index (χ1v) is 6.84. The van der Waals surface area contributed by atoms with Gasteiger partial charge in [-0.3, -0.25) is 0 Å². The van der Waals surface area contributed by atoms with Crippen LogP contribution < -0.4 is 24.8 Å². The van der Waals surface area contributed by atoms with Gasteiger partial charge in [-0.05, 0) is 0 Å². The second-order valence-electron chi connectivity index (χ2n) is 5.49. The van der Waals surface area contributed by atoms with Crippen LogP contribution in [0.1, 0.15) is 40.5 Å². The Hall–Kier alpha value is 0.734. The fraction of sp³-hybridized carbons (Fsp3) is 0.714. The van der Waals surface area contributed by atoms with Crippen LogP contribution in [0.3, 0.4) is 0 Å². The van der Waals surface area contributed by atoms with Crippen molar-refractivity contribution in [3.63, 3.8) is 0 Å². The summed E-state index contributed by atoms with van der Waals surface area (Å²) < 4.78 is 1.58. The summed E-state index contributed by atoms with van der Waals surface area (Å²) in [6.07, 6.45) is 2.55. The van der Waals surface area contributed by atoms with Gasteiger partial charge in [0.1, 0.15) is 0 Å². The molecule has 0 saturated carbocycles. The van der Waals surface area contributed by atoms with Gasteiger partial charge in [-0.1, -0.05) is 0 Å². The molecule has 0 N–H and O–H groups in total. The van der Waals surface area contributed by atoms with Gasteiger partial charge < -0.3 is 24.8 Å². The molecule has 0 saturated heterocycles. The summed E-state index contributed by atoms with van der Waals surface area (Å²) in [4.78, 5) is 2.27. The first-order chi connectivity index (χ1) is 7.30. The zero-order chi connectivity index (χ0) is 12.5. The minimum absolute atomic E-state index is 0. The van der Waals surface area contributed by atoms with E-state index in [-0.39, 0.29) is 24.8 Å². The van der Waals surface area contributed by atoms with Crippen molar-refractivity contribution in [3.8, 4) is 0 Å². The maximum atomic E-state index is 2.41. The van der Waals surface area contributed by atoms with E-state index >= 15 is 0 Å². The van der Waals surface area contributed by atoms with E-state index < -0.39 is 0 Å². The molecule has 1 aliphatic carbocycles. The Kier molecular flexibility index (Phi) is 9.49. The molecule has 0 aliphatic heterocycles. The third-order valence-corrected chi connectivity index (χ3v) is 5.61. The quantitative estimate of drug-likeness (QED) is 0.517. The molecule has 0 bridgehead atoms. The summed E-state index contributed by atoms with van der Waals surface area (Å²) >= 11 is 2.31. The van der Waals surface area contributed by atoms with Gasteiger partial charge in [0, 0.05) is 0 Å². The standard InChI is InChI=1S/C14H24N.2ClH.Ti/c1-11-10-14(4,13(3)12(11)2)8-7-9-15(5)6;;;/h7-9H2,1-6H3;2*1H;/q;;;+2/p-2. The molecule has 4 heteroatoms. The van der Waals surface area contributed by atoms with E-state index in [2.05, 4.69) is 67.1 Å². The van der Waals surface area contributed by atoms with Crippen LogP contribution in [0.5, 0.6) is 0 Å². The molecule has 1 nitrogen and oxygen atoms in total. The molecule has 0 aromatic rings. The summed E-state index contributed by atoms with van der Waals surface area (Å²) in [6.45, 7) is 10.4. The fourth-order valence-corrected chi connectivity index (χ4v) is 3.33. The van der Waals surface area contributed by atoms with Gasteiger partial charge >= 0.3 is 113 Å². The number of nitrogens with zero attached hydrogens (tertiary/aromatic N) is 1. The molecule has 103 valence electrons.